The van der Waals surface area contributed by atoms with Crippen molar-refractivity contribution in [1.82, 2.24) is 5.32 Å². The van der Waals surface area contributed by atoms with Crippen molar-refractivity contribution in [2.24, 2.45) is 0 Å². The smallest absolute Gasteiger partial charge is 0.266 e. The van der Waals surface area contributed by atoms with Crippen LogP contribution in [0.1, 0.15) is 12.0 Å². The van der Waals surface area contributed by atoms with Gasteiger partial charge < -0.3 is 10.6 Å². The zero-order valence-corrected chi connectivity index (χ0v) is 19.5. The Morgan fingerprint density at radius 3 is 2.42 bits per heavy atom. The van der Waals surface area contributed by atoms with E-state index in [4.69, 9.17) is 23.2 Å². The molecule has 1 heterocycles. The van der Waals surface area contributed by atoms with E-state index >= 15 is 0 Å². The highest BCUT2D eigenvalue weighted by atomic mass is 35.5. The molecule has 4 rings (SSSR count). The van der Waals surface area contributed by atoms with Crippen LogP contribution in [-0.4, -0.2) is 26.3 Å². The zero-order valence-electron chi connectivity index (χ0n) is 17.2. The molecule has 1 aliphatic rings. The summed E-state index contributed by atoms with van der Waals surface area (Å²) in [7, 11) is -4.35. The third-order valence-corrected chi connectivity index (χ3v) is 7.95. The second-order valence-corrected chi connectivity index (χ2v) is 9.91. The Hall–Kier alpha value is -3.07. The number of carbonyl (C=O) groups is 2. The number of halogens is 2. The molecule has 3 aromatic carbocycles. The maximum atomic E-state index is 13.7. The number of nitrogens with one attached hydrogen (secondary N) is 2. The molecule has 2 amide bonds. The fourth-order valence-corrected chi connectivity index (χ4v) is 5.94. The number of benzene rings is 3. The summed E-state index contributed by atoms with van der Waals surface area (Å²) in [5.74, 6) is -1.10. The van der Waals surface area contributed by atoms with Crippen molar-refractivity contribution in [3.05, 3.63) is 88.4 Å². The average Bonchev–Trinajstić information content (AvgIpc) is 2.80. The van der Waals surface area contributed by atoms with Crippen LogP contribution < -0.4 is 14.9 Å². The number of carbonyl (C=O) groups excluding carboxylic acids is 2. The lowest BCUT2D eigenvalue weighted by molar-refractivity contribution is -0.125. The van der Waals surface area contributed by atoms with Crippen LogP contribution in [0.2, 0.25) is 10.0 Å². The van der Waals surface area contributed by atoms with Crippen LogP contribution in [0, 0.1) is 0 Å². The number of hydrogen-bond acceptors (Lipinski definition) is 4. The molecule has 170 valence electrons. The van der Waals surface area contributed by atoms with Gasteiger partial charge in [0.1, 0.15) is 10.9 Å². The Balaban J connectivity index is 1.70. The summed E-state index contributed by atoms with van der Waals surface area (Å²) < 4.78 is 28.4. The lowest BCUT2D eigenvalue weighted by Crippen LogP contribution is -2.52. The largest absolute Gasteiger partial charge is 0.352 e. The third kappa shape index (κ3) is 4.68. The molecule has 0 spiro atoms. The molecule has 1 atom stereocenters. The van der Waals surface area contributed by atoms with Gasteiger partial charge in [0.15, 0.2) is 0 Å². The summed E-state index contributed by atoms with van der Waals surface area (Å²) >= 11 is 12.3. The van der Waals surface area contributed by atoms with Crippen LogP contribution in [0.5, 0.6) is 0 Å². The molecule has 1 aliphatic heterocycles. The lowest BCUT2D eigenvalue weighted by atomic mass is 10.1. The number of rotatable bonds is 6. The molecule has 2 N–H and O–H groups in total. The van der Waals surface area contributed by atoms with Crippen molar-refractivity contribution in [3.8, 4) is 0 Å². The number of sulfonamides is 1. The molecule has 33 heavy (non-hydrogen) atoms. The minimum absolute atomic E-state index is 0.0599. The fraction of sp³-hybridized carbons (Fsp3) is 0.130. The Labute approximate surface area is 201 Å². The number of nitrogens with zero attached hydrogens (tertiary/aromatic N) is 1. The van der Waals surface area contributed by atoms with Gasteiger partial charge in [-0.1, -0.05) is 71.7 Å². The maximum absolute atomic E-state index is 13.7. The van der Waals surface area contributed by atoms with E-state index in [-0.39, 0.29) is 33.6 Å². The van der Waals surface area contributed by atoms with Gasteiger partial charge in [-0.3, -0.25) is 13.9 Å². The van der Waals surface area contributed by atoms with Crippen molar-refractivity contribution in [1.29, 1.82) is 0 Å². The summed E-state index contributed by atoms with van der Waals surface area (Å²) in [6.45, 7) is 0.247. The molecule has 3 aromatic rings. The highest BCUT2D eigenvalue weighted by molar-refractivity contribution is 7.93. The quantitative estimate of drug-likeness (QED) is 0.526. The van der Waals surface area contributed by atoms with Crippen LogP contribution in [0.3, 0.4) is 0 Å². The van der Waals surface area contributed by atoms with E-state index in [1.165, 1.54) is 18.2 Å². The first-order valence-corrected chi connectivity index (χ1v) is 12.2. The summed E-state index contributed by atoms with van der Waals surface area (Å²) in [5, 5.41) is 5.32. The Morgan fingerprint density at radius 2 is 1.67 bits per heavy atom. The molecular weight excluding hydrogens is 485 g/mol. The number of amides is 2. The van der Waals surface area contributed by atoms with Crippen LogP contribution in [0.15, 0.2) is 77.7 Å². The number of para-hydroxylation sites is 2. The first-order chi connectivity index (χ1) is 15.8. The molecule has 0 saturated carbocycles. The summed E-state index contributed by atoms with van der Waals surface area (Å²) in [6, 6.07) is 18.6. The molecule has 0 saturated heterocycles. The van der Waals surface area contributed by atoms with Gasteiger partial charge in [0, 0.05) is 6.54 Å². The van der Waals surface area contributed by atoms with E-state index in [9.17, 15) is 18.0 Å². The summed E-state index contributed by atoms with van der Waals surface area (Å²) in [4.78, 5) is 25.4. The molecule has 0 radical (unpaired) electrons. The van der Waals surface area contributed by atoms with Crippen molar-refractivity contribution < 1.29 is 18.0 Å². The predicted octanol–water partition coefficient (Wildman–Crippen LogP) is 4.22. The Kier molecular flexibility index (Phi) is 6.60. The monoisotopic (exact) mass is 503 g/mol. The van der Waals surface area contributed by atoms with Gasteiger partial charge in [0.2, 0.25) is 11.8 Å². The van der Waals surface area contributed by atoms with Gasteiger partial charge in [0.25, 0.3) is 10.0 Å². The van der Waals surface area contributed by atoms with E-state index in [1.54, 1.807) is 24.3 Å². The van der Waals surface area contributed by atoms with E-state index in [0.29, 0.717) is 5.69 Å². The standard InChI is InChI=1S/C23H19Cl2N3O4S/c24-16-9-6-12-20(22(16)25)33(31,32)28-18-11-5-4-10-17(18)27-23(30)19(28)13-21(29)26-14-15-7-2-1-3-8-15/h1-12,19H,13-14H2,(H,26,29)(H,27,30). The highest BCUT2D eigenvalue weighted by Gasteiger charge is 2.42. The van der Waals surface area contributed by atoms with Crippen LogP contribution in [0.25, 0.3) is 0 Å². The van der Waals surface area contributed by atoms with Gasteiger partial charge >= 0.3 is 0 Å². The minimum Gasteiger partial charge on any atom is -0.352 e. The van der Waals surface area contributed by atoms with Gasteiger partial charge in [-0.15, -0.1) is 0 Å². The first kappa shape index (κ1) is 23.1. The van der Waals surface area contributed by atoms with Crippen molar-refractivity contribution in [3.63, 3.8) is 0 Å². The van der Waals surface area contributed by atoms with Gasteiger partial charge in [0.05, 0.1) is 27.8 Å². The SMILES string of the molecule is O=C(CC1C(=O)Nc2ccccc2N1S(=O)(=O)c1cccc(Cl)c1Cl)NCc1ccccc1. The number of anilines is 2. The number of fused-ring (bicyclic) bond motifs is 1. The van der Waals surface area contributed by atoms with Crippen LogP contribution >= 0.6 is 23.2 Å². The number of hydrogen-bond donors (Lipinski definition) is 2. The van der Waals surface area contributed by atoms with Crippen LogP contribution in [-0.2, 0) is 26.2 Å². The van der Waals surface area contributed by atoms with E-state index < -0.39 is 27.9 Å². The van der Waals surface area contributed by atoms with E-state index in [2.05, 4.69) is 10.6 Å². The fourth-order valence-electron chi connectivity index (χ4n) is 3.57. The van der Waals surface area contributed by atoms with Crippen LogP contribution in [0.4, 0.5) is 11.4 Å². The molecule has 10 heteroatoms. The van der Waals surface area contributed by atoms with E-state index in [0.717, 1.165) is 9.87 Å². The highest BCUT2D eigenvalue weighted by Crippen LogP contribution is 2.39. The molecular formula is C23H19Cl2N3O4S. The molecule has 7 nitrogen and oxygen atoms in total. The lowest BCUT2D eigenvalue weighted by Gasteiger charge is -2.36. The molecule has 0 aromatic heterocycles. The first-order valence-electron chi connectivity index (χ1n) is 9.98. The van der Waals surface area contributed by atoms with Crippen molar-refractivity contribution in [2.45, 2.75) is 23.9 Å². The Bertz CT molecular complexity index is 1320. The third-order valence-electron chi connectivity index (χ3n) is 5.15. The summed E-state index contributed by atoms with van der Waals surface area (Å²) in [6.07, 6.45) is -0.385. The second kappa shape index (κ2) is 9.43. The minimum atomic E-state index is -4.35. The topological polar surface area (TPSA) is 95.6 Å². The zero-order chi connectivity index (χ0) is 23.6. The molecule has 0 fully saturated rings. The summed E-state index contributed by atoms with van der Waals surface area (Å²) in [5.41, 5.74) is 1.42. The van der Waals surface area contributed by atoms with Crippen molar-refractivity contribution in [2.75, 3.05) is 9.62 Å². The van der Waals surface area contributed by atoms with Crippen molar-refractivity contribution >= 4 is 56.4 Å². The Morgan fingerprint density at radius 1 is 0.970 bits per heavy atom. The maximum Gasteiger partial charge on any atom is 0.266 e. The van der Waals surface area contributed by atoms with Gasteiger partial charge in [-0.05, 0) is 29.8 Å². The molecule has 0 aliphatic carbocycles. The predicted molar refractivity (Wildman–Crippen MR) is 128 cm³/mol. The molecule has 1 unspecified atom stereocenters. The molecule has 0 bridgehead atoms. The second-order valence-electron chi connectivity index (χ2n) is 7.34. The normalized spacial score (nSPS) is 15.5. The van der Waals surface area contributed by atoms with Gasteiger partial charge in [-0.2, -0.15) is 0 Å². The van der Waals surface area contributed by atoms with E-state index in [1.807, 2.05) is 30.3 Å². The average molecular weight is 504 g/mol. The van der Waals surface area contributed by atoms with Gasteiger partial charge in [-0.25, -0.2) is 8.42 Å².